The van der Waals surface area contributed by atoms with Crippen LogP contribution in [0.1, 0.15) is 11.3 Å². The minimum Gasteiger partial charge on any atom is -0.372 e. The van der Waals surface area contributed by atoms with Gasteiger partial charge in [0.2, 0.25) is 0 Å². The van der Waals surface area contributed by atoms with E-state index in [0.29, 0.717) is 0 Å². The summed E-state index contributed by atoms with van der Waals surface area (Å²) in [6.45, 7) is -1.50. The Morgan fingerprint density at radius 1 is 1.47 bits per heavy atom. The van der Waals surface area contributed by atoms with Crippen LogP contribution in [0.3, 0.4) is 0 Å². The summed E-state index contributed by atoms with van der Waals surface area (Å²) in [5.41, 5.74) is 0. The molecule has 96 valence electrons. The van der Waals surface area contributed by atoms with Crippen molar-refractivity contribution in [3.63, 3.8) is 0 Å². The lowest BCUT2D eigenvalue weighted by Crippen LogP contribution is -2.18. The summed E-state index contributed by atoms with van der Waals surface area (Å²) < 4.78 is 40.4. The third-order valence-corrected chi connectivity index (χ3v) is 3.77. The lowest BCUT2D eigenvalue weighted by atomic mass is 10.2. The Bertz CT molecular complexity index is 376. The third-order valence-electron chi connectivity index (χ3n) is 1.84. The van der Waals surface area contributed by atoms with Crippen LogP contribution in [0.4, 0.5) is 13.2 Å². The molecule has 1 aromatic rings. The quantitative estimate of drug-likeness (QED) is 0.745. The number of Topliss-reactive ketones (excluding diaryl/α,β-unsaturated/α-hetero) is 1. The standard InChI is InChI=1S/C10H10BrF3O2S/c11-8-2-4-17-9(8)5-7(15)1-3-16-6-10(12,13)14/h2,4H,1,3,5-6H2. The molecule has 0 aliphatic rings. The monoisotopic (exact) mass is 330 g/mol. The smallest absolute Gasteiger partial charge is 0.372 e. The molecular formula is C10H10BrF3O2S. The zero-order chi connectivity index (χ0) is 12.9. The van der Waals surface area contributed by atoms with Gasteiger partial charge in [-0.05, 0) is 27.4 Å². The summed E-state index contributed by atoms with van der Waals surface area (Å²) in [5, 5.41) is 1.84. The Morgan fingerprint density at radius 2 is 2.18 bits per heavy atom. The minimum absolute atomic E-state index is 0.000417. The van der Waals surface area contributed by atoms with Gasteiger partial charge < -0.3 is 4.74 Å². The molecular weight excluding hydrogens is 321 g/mol. The van der Waals surface area contributed by atoms with E-state index in [1.165, 1.54) is 11.3 Å². The van der Waals surface area contributed by atoms with Gasteiger partial charge in [-0.3, -0.25) is 4.79 Å². The van der Waals surface area contributed by atoms with Crippen LogP contribution in [0.15, 0.2) is 15.9 Å². The molecule has 0 saturated heterocycles. The molecule has 0 unspecified atom stereocenters. The lowest BCUT2D eigenvalue weighted by molar-refractivity contribution is -0.174. The summed E-state index contributed by atoms with van der Waals surface area (Å²) in [7, 11) is 0. The van der Waals surface area contributed by atoms with Crippen LogP contribution in [0.25, 0.3) is 0 Å². The average Bonchev–Trinajstić information content (AvgIpc) is 2.58. The highest BCUT2D eigenvalue weighted by Crippen LogP contribution is 2.23. The molecule has 0 radical (unpaired) electrons. The van der Waals surface area contributed by atoms with Crippen molar-refractivity contribution in [3.8, 4) is 0 Å². The summed E-state index contributed by atoms with van der Waals surface area (Å²) >= 11 is 4.71. The number of halogens is 4. The topological polar surface area (TPSA) is 26.3 Å². The summed E-state index contributed by atoms with van der Waals surface area (Å²) in [6.07, 6.45) is -4.10. The number of ketones is 1. The van der Waals surface area contributed by atoms with E-state index in [1.807, 2.05) is 11.4 Å². The molecule has 0 N–H and O–H groups in total. The molecule has 0 spiro atoms. The Hall–Kier alpha value is -0.400. The highest BCUT2D eigenvalue weighted by Gasteiger charge is 2.27. The van der Waals surface area contributed by atoms with Crippen molar-refractivity contribution in [3.05, 3.63) is 20.8 Å². The first-order valence-electron chi connectivity index (χ1n) is 4.76. The molecule has 7 heteroatoms. The van der Waals surface area contributed by atoms with E-state index in [2.05, 4.69) is 20.7 Å². The number of carbonyl (C=O) groups is 1. The van der Waals surface area contributed by atoms with E-state index in [4.69, 9.17) is 0 Å². The van der Waals surface area contributed by atoms with Crippen molar-refractivity contribution in [1.82, 2.24) is 0 Å². The molecule has 1 aromatic heterocycles. The molecule has 0 aliphatic heterocycles. The van der Waals surface area contributed by atoms with E-state index in [-0.39, 0.29) is 25.2 Å². The molecule has 17 heavy (non-hydrogen) atoms. The second kappa shape index (κ2) is 6.51. The lowest BCUT2D eigenvalue weighted by Gasteiger charge is -2.06. The minimum atomic E-state index is -4.33. The zero-order valence-electron chi connectivity index (χ0n) is 8.72. The predicted molar refractivity (Wildman–Crippen MR) is 62.2 cm³/mol. The van der Waals surface area contributed by atoms with Gasteiger partial charge in [-0.15, -0.1) is 11.3 Å². The number of carbonyl (C=O) groups excluding carboxylic acids is 1. The number of alkyl halides is 3. The first-order valence-corrected chi connectivity index (χ1v) is 6.44. The second-order valence-electron chi connectivity index (χ2n) is 3.32. The Labute approximate surface area is 109 Å². The summed E-state index contributed by atoms with van der Waals surface area (Å²) in [4.78, 5) is 12.3. The predicted octanol–water partition coefficient (Wildman–Crippen LogP) is 3.59. The van der Waals surface area contributed by atoms with Crippen LogP contribution in [0.2, 0.25) is 0 Å². The number of hydrogen-bond donors (Lipinski definition) is 0. The van der Waals surface area contributed by atoms with Gasteiger partial charge in [-0.2, -0.15) is 13.2 Å². The fourth-order valence-corrected chi connectivity index (χ4v) is 2.61. The average molecular weight is 331 g/mol. The molecule has 0 amide bonds. The number of rotatable bonds is 6. The maximum absolute atomic E-state index is 11.7. The molecule has 0 aliphatic carbocycles. The highest BCUT2D eigenvalue weighted by atomic mass is 79.9. The van der Waals surface area contributed by atoms with Crippen LogP contribution in [-0.4, -0.2) is 25.2 Å². The summed E-state index contributed by atoms with van der Waals surface area (Å²) in [6, 6.07) is 1.83. The van der Waals surface area contributed by atoms with Gasteiger partial charge >= 0.3 is 6.18 Å². The molecule has 1 rings (SSSR count). The van der Waals surface area contributed by atoms with E-state index >= 15 is 0 Å². The molecule has 0 aromatic carbocycles. The van der Waals surface area contributed by atoms with Crippen LogP contribution in [0, 0.1) is 0 Å². The van der Waals surface area contributed by atoms with Crippen LogP contribution in [0.5, 0.6) is 0 Å². The van der Waals surface area contributed by atoms with Crippen molar-refractivity contribution < 1.29 is 22.7 Å². The largest absolute Gasteiger partial charge is 0.411 e. The molecule has 0 saturated carbocycles. The first-order chi connectivity index (χ1) is 7.88. The normalized spacial score (nSPS) is 11.8. The fraction of sp³-hybridized carbons (Fsp3) is 0.500. The maximum atomic E-state index is 11.7. The maximum Gasteiger partial charge on any atom is 0.411 e. The SMILES string of the molecule is O=C(CCOCC(F)(F)F)Cc1sccc1Br. The van der Waals surface area contributed by atoms with Gasteiger partial charge in [0.25, 0.3) is 0 Å². The fourth-order valence-electron chi connectivity index (χ4n) is 1.09. The van der Waals surface area contributed by atoms with Crippen molar-refractivity contribution in [1.29, 1.82) is 0 Å². The van der Waals surface area contributed by atoms with Crippen molar-refractivity contribution >= 4 is 33.0 Å². The van der Waals surface area contributed by atoms with Crippen molar-refractivity contribution in [2.45, 2.75) is 19.0 Å². The highest BCUT2D eigenvalue weighted by molar-refractivity contribution is 9.10. The molecule has 0 atom stereocenters. The van der Waals surface area contributed by atoms with E-state index in [1.54, 1.807) is 0 Å². The van der Waals surface area contributed by atoms with Crippen LogP contribution < -0.4 is 0 Å². The van der Waals surface area contributed by atoms with Crippen molar-refractivity contribution in [2.75, 3.05) is 13.2 Å². The van der Waals surface area contributed by atoms with Gasteiger partial charge in [0.15, 0.2) is 0 Å². The van der Waals surface area contributed by atoms with Gasteiger partial charge in [-0.1, -0.05) is 0 Å². The molecule has 2 nitrogen and oxygen atoms in total. The molecule has 0 bridgehead atoms. The van der Waals surface area contributed by atoms with Crippen LogP contribution >= 0.6 is 27.3 Å². The van der Waals surface area contributed by atoms with Crippen molar-refractivity contribution in [2.24, 2.45) is 0 Å². The Balaban J connectivity index is 2.20. The second-order valence-corrected chi connectivity index (χ2v) is 5.18. The molecule has 1 heterocycles. The summed E-state index contributed by atoms with van der Waals surface area (Å²) in [5.74, 6) is -0.129. The Morgan fingerprint density at radius 3 is 2.71 bits per heavy atom. The Kier molecular flexibility index (Phi) is 5.61. The van der Waals surface area contributed by atoms with E-state index in [9.17, 15) is 18.0 Å². The molecule has 0 fully saturated rings. The van der Waals surface area contributed by atoms with E-state index < -0.39 is 12.8 Å². The van der Waals surface area contributed by atoms with Gasteiger partial charge in [0, 0.05) is 22.2 Å². The third kappa shape index (κ3) is 6.18. The number of ether oxygens (including phenoxy) is 1. The van der Waals surface area contributed by atoms with Gasteiger partial charge in [-0.25, -0.2) is 0 Å². The van der Waals surface area contributed by atoms with Gasteiger partial charge in [0.1, 0.15) is 12.4 Å². The van der Waals surface area contributed by atoms with Crippen LogP contribution in [-0.2, 0) is 16.0 Å². The van der Waals surface area contributed by atoms with Gasteiger partial charge in [0.05, 0.1) is 6.61 Å². The van der Waals surface area contributed by atoms with E-state index in [0.717, 1.165) is 9.35 Å². The first kappa shape index (κ1) is 14.7. The zero-order valence-corrected chi connectivity index (χ0v) is 11.1. The number of hydrogen-bond acceptors (Lipinski definition) is 3. The number of thiophene rings is 1.